The number of anilines is 1. The average Bonchev–Trinajstić information content (AvgIpc) is 2.89. The molecule has 8 heteroatoms. The van der Waals surface area contributed by atoms with E-state index in [4.69, 9.17) is 0 Å². The van der Waals surface area contributed by atoms with E-state index in [1.165, 1.54) is 29.9 Å². The van der Waals surface area contributed by atoms with Crippen LogP contribution in [0, 0.1) is 0 Å². The number of hydrogen-bond acceptors (Lipinski definition) is 6. The minimum absolute atomic E-state index is 0.0548. The molecular weight excluding hydrogens is 290 g/mol. The molecule has 0 radical (unpaired) electrons. The lowest BCUT2D eigenvalue weighted by molar-refractivity contribution is -0.129. The molecule has 108 valence electrons. The van der Waals surface area contributed by atoms with Gasteiger partial charge in [0.25, 0.3) is 5.91 Å². The van der Waals surface area contributed by atoms with Crippen LogP contribution in [-0.2, 0) is 17.8 Å². The van der Waals surface area contributed by atoms with E-state index in [2.05, 4.69) is 20.3 Å². The summed E-state index contributed by atoms with van der Waals surface area (Å²) in [5.41, 5.74) is 1.20. The van der Waals surface area contributed by atoms with Gasteiger partial charge >= 0.3 is 0 Å². The van der Waals surface area contributed by atoms with Crippen LogP contribution >= 0.6 is 11.3 Å². The molecule has 0 aliphatic carbocycles. The van der Waals surface area contributed by atoms with E-state index >= 15 is 0 Å². The fraction of sp³-hybridized carbons (Fsp3) is 0.308. The number of carbonyl (C=O) groups is 2. The van der Waals surface area contributed by atoms with Gasteiger partial charge in [-0.1, -0.05) is 11.3 Å². The van der Waals surface area contributed by atoms with Gasteiger partial charge < -0.3 is 4.90 Å². The molecule has 0 unspecified atom stereocenters. The molecule has 2 aromatic heterocycles. The molecule has 1 aliphatic heterocycles. The number of carbonyl (C=O) groups excluding carboxylic acids is 2. The third kappa shape index (κ3) is 2.89. The van der Waals surface area contributed by atoms with Gasteiger partial charge in [0.2, 0.25) is 5.91 Å². The maximum Gasteiger partial charge on any atom is 0.277 e. The molecule has 3 rings (SSSR count). The first-order valence-electron chi connectivity index (χ1n) is 6.45. The van der Waals surface area contributed by atoms with Gasteiger partial charge in [0, 0.05) is 37.2 Å². The summed E-state index contributed by atoms with van der Waals surface area (Å²) in [6.07, 6.45) is 5.09. The second kappa shape index (κ2) is 5.57. The highest BCUT2D eigenvalue weighted by Crippen LogP contribution is 2.28. The fourth-order valence-corrected chi connectivity index (χ4v) is 3.11. The summed E-state index contributed by atoms with van der Waals surface area (Å²) in [5.74, 6) is -0.281. The highest BCUT2D eigenvalue weighted by Gasteiger charge is 2.22. The molecule has 0 fully saturated rings. The van der Waals surface area contributed by atoms with Crippen molar-refractivity contribution >= 4 is 28.3 Å². The Morgan fingerprint density at radius 2 is 2.24 bits per heavy atom. The number of aromatic nitrogens is 3. The van der Waals surface area contributed by atoms with Crippen LogP contribution in [0.2, 0.25) is 0 Å². The van der Waals surface area contributed by atoms with E-state index in [9.17, 15) is 9.59 Å². The fourth-order valence-electron chi connectivity index (χ4n) is 2.10. The zero-order valence-electron chi connectivity index (χ0n) is 11.4. The topological polar surface area (TPSA) is 88.1 Å². The lowest BCUT2D eigenvalue weighted by Crippen LogP contribution is -2.33. The van der Waals surface area contributed by atoms with E-state index < -0.39 is 0 Å². The van der Waals surface area contributed by atoms with Crippen molar-refractivity contribution in [3.8, 4) is 0 Å². The van der Waals surface area contributed by atoms with E-state index in [1.807, 2.05) is 0 Å². The van der Waals surface area contributed by atoms with Crippen LogP contribution in [-0.4, -0.2) is 38.2 Å². The van der Waals surface area contributed by atoms with Crippen molar-refractivity contribution in [1.29, 1.82) is 0 Å². The minimum Gasteiger partial charge on any atom is -0.337 e. The summed E-state index contributed by atoms with van der Waals surface area (Å²) < 4.78 is 0. The Kier molecular flexibility index (Phi) is 3.61. The molecule has 0 bridgehead atoms. The molecule has 2 amide bonds. The highest BCUT2D eigenvalue weighted by molar-refractivity contribution is 7.15. The second-order valence-corrected chi connectivity index (χ2v) is 5.71. The van der Waals surface area contributed by atoms with Gasteiger partial charge in [0.1, 0.15) is 5.69 Å². The van der Waals surface area contributed by atoms with Gasteiger partial charge in [0.05, 0.1) is 18.4 Å². The van der Waals surface area contributed by atoms with Crippen molar-refractivity contribution in [3.63, 3.8) is 0 Å². The Balaban J connectivity index is 1.74. The summed E-state index contributed by atoms with van der Waals surface area (Å²) in [7, 11) is 0. The van der Waals surface area contributed by atoms with Crippen molar-refractivity contribution in [2.75, 3.05) is 11.9 Å². The number of fused-ring (bicyclic) bond motifs is 1. The first-order chi connectivity index (χ1) is 10.1. The predicted octanol–water partition coefficient (Wildman–Crippen LogP) is 1.09. The van der Waals surface area contributed by atoms with Crippen molar-refractivity contribution in [2.24, 2.45) is 0 Å². The van der Waals surface area contributed by atoms with E-state index in [0.29, 0.717) is 24.6 Å². The molecule has 2 aromatic rings. The van der Waals surface area contributed by atoms with Crippen molar-refractivity contribution in [2.45, 2.75) is 19.9 Å². The third-order valence-electron chi connectivity index (χ3n) is 3.19. The average molecular weight is 303 g/mol. The molecule has 21 heavy (non-hydrogen) atoms. The Hall–Kier alpha value is -2.35. The standard InChI is InChI=1S/C13H13N5O2S/c1-8(19)18-5-2-9-11(7-18)21-13(16-9)17-12(20)10-6-14-3-4-15-10/h3-4,6H,2,5,7H2,1H3,(H,16,17,20). The number of nitrogens with one attached hydrogen (secondary N) is 1. The van der Waals surface area contributed by atoms with Crippen molar-refractivity contribution < 1.29 is 9.59 Å². The lowest BCUT2D eigenvalue weighted by atomic mass is 10.2. The SMILES string of the molecule is CC(=O)N1CCc2nc(NC(=O)c3cnccn3)sc2C1. The summed E-state index contributed by atoms with van der Waals surface area (Å²) in [6.45, 7) is 2.79. The molecule has 7 nitrogen and oxygen atoms in total. The molecule has 0 saturated carbocycles. The second-order valence-electron chi connectivity index (χ2n) is 4.62. The van der Waals surface area contributed by atoms with Gasteiger partial charge in [-0.25, -0.2) is 9.97 Å². The van der Waals surface area contributed by atoms with Crippen LogP contribution in [0.25, 0.3) is 0 Å². The summed E-state index contributed by atoms with van der Waals surface area (Å²) in [4.78, 5) is 38.4. The smallest absolute Gasteiger partial charge is 0.277 e. The maximum atomic E-state index is 12.0. The Labute approximate surface area is 125 Å². The van der Waals surface area contributed by atoms with E-state index in [1.54, 1.807) is 11.8 Å². The third-order valence-corrected chi connectivity index (χ3v) is 4.19. The summed E-state index contributed by atoms with van der Waals surface area (Å²) in [6, 6.07) is 0. The molecule has 1 N–H and O–H groups in total. The van der Waals surface area contributed by atoms with Crippen LogP contribution in [0.4, 0.5) is 5.13 Å². The van der Waals surface area contributed by atoms with Gasteiger partial charge in [-0.3, -0.25) is 19.9 Å². The monoisotopic (exact) mass is 303 g/mol. The lowest BCUT2D eigenvalue weighted by Gasteiger charge is -2.24. The summed E-state index contributed by atoms with van der Waals surface area (Å²) >= 11 is 1.39. The Bertz CT molecular complexity index is 685. The first-order valence-corrected chi connectivity index (χ1v) is 7.26. The summed E-state index contributed by atoms with van der Waals surface area (Å²) in [5, 5.41) is 3.25. The van der Waals surface area contributed by atoms with Crippen molar-refractivity contribution in [1.82, 2.24) is 19.9 Å². The molecule has 3 heterocycles. The molecule has 0 spiro atoms. The number of thiazole rings is 1. The Morgan fingerprint density at radius 1 is 1.38 bits per heavy atom. The highest BCUT2D eigenvalue weighted by atomic mass is 32.1. The number of amides is 2. The molecule has 0 atom stereocenters. The van der Waals surface area contributed by atoms with Gasteiger partial charge in [-0.05, 0) is 0 Å². The van der Waals surface area contributed by atoms with Gasteiger partial charge in [-0.2, -0.15) is 0 Å². The van der Waals surface area contributed by atoms with Crippen LogP contribution in [0.3, 0.4) is 0 Å². The van der Waals surface area contributed by atoms with Gasteiger partial charge in [-0.15, -0.1) is 0 Å². The zero-order valence-corrected chi connectivity index (χ0v) is 12.2. The van der Waals surface area contributed by atoms with E-state index in [0.717, 1.165) is 10.6 Å². The van der Waals surface area contributed by atoms with Gasteiger partial charge in [0.15, 0.2) is 5.13 Å². The maximum absolute atomic E-state index is 12.0. The van der Waals surface area contributed by atoms with Crippen LogP contribution in [0.15, 0.2) is 18.6 Å². The van der Waals surface area contributed by atoms with Crippen LogP contribution in [0.1, 0.15) is 28.0 Å². The molecule has 0 saturated heterocycles. The van der Waals surface area contributed by atoms with Crippen molar-refractivity contribution in [3.05, 3.63) is 34.9 Å². The van der Waals surface area contributed by atoms with E-state index in [-0.39, 0.29) is 17.5 Å². The zero-order chi connectivity index (χ0) is 14.8. The molecule has 1 aliphatic rings. The number of nitrogens with zero attached hydrogens (tertiary/aromatic N) is 4. The normalized spacial score (nSPS) is 13.7. The minimum atomic E-state index is -0.336. The number of hydrogen-bond donors (Lipinski definition) is 1. The quantitative estimate of drug-likeness (QED) is 0.897. The first kappa shape index (κ1) is 13.6. The Morgan fingerprint density at radius 3 is 2.95 bits per heavy atom. The number of rotatable bonds is 2. The molecular formula is C13H13N5O2S. The van der Waals surface area contributed by atoms with Crippen LogP contribution in [0.5, 0.6) is 0 Å². The largest absolute Gasteiger partial charge is 0.337 e. The molecule has 0 aromatic carbocycles. The predicted molar refractivity (Wildman–Crippen MR) is 76.9 cm³/mol. The van der Waals surface area contributed by atoms with Crippen LogP contribution < -0.4 is 5.32 Å².